The van der Waals surface area contributed by atoms with E-state index in [4.69, 9.17) is 14.2 Å². The van der Waals surface area contributed by atoms with Crippen LogP contribution in [0.15, 0.2) is 12.1 Å². The van der Waals surface area contributed by atoms with Crippen LogP contribution in [0.25, 0.3) is 0 Å². The number of aldehydes is 1. The van der Waals surface area contributed by atoms with Crippen molar-refractivity contribution in [1.82, 2.24) is 0 Å². The first-order valence-electron chi connectivity index (χ1n) is 10.9. The molecule has 0 saturated carbocycles. The Balaban J connectivity index is 1.92. The normalized spacial score (nSPS) is 15.1. The summed E-state index contributed by atoms with van der Waals surface area (Å²) in [5, 5.41) is 0. The molecule has 0 atom stereocenters. The first-order chi connectivity index (χ1) is 14.1. The Kier molecular flexibility index (Phi) is 10.4. The number of halogens is 1. The van der Waals surface area contributed by atoms with Gasteiger partial charge in [0, 0.05) is 38.8 Å². The van der Waals surface area contributed by atoms with Gasteiger partial charge in [-0.15, -0.1) is 0 Å². The van der Waals surface area contributed by atoms with Gasteiger partial charge in [-0.25, -0.2) is 4.39 Å². The van der Waals surface area contributed by atoms with Crippen LogP contribution < -0.4 is 9.64 Å². The van der Waals surface area contributed by atoms with Gasteiger partial charge in [-0.3, -0.25) is 4.79 Å². The Morgan fingerprint density at radius 1 is 1.14 bits per heavy atom. The van der Waals surface area contributed by atoms with E-state index in [1.54, 1.807) is 6.07 Å². The first kappa shape index (κ1) is 23.6. The highest BCUT2D eigenvalue weighted by Crippen LogP contribution is 2.32. The van der Waals surface area contributed by atoms with E-state index in [2.05, 4.69) is 13.8 Å². The van der Waals surface area contributed by atoms with Gasteiger partial charge in [-0.05, 0) is 37.7 Å². The zero-order valence-electron chi connectivity index (χ0n) is 18.1. The van der Waals surface area contributed by atoms with Crippen molar-refractivity contribution in [3.05, 3.63) is 23.5 Å². The SMILES string of the molecule is CCCCOC(CC1CCN(c2cc(OC)c(C=O)cc2F)CC1)OCCCC. The molecule has 2 rings (SSSR count). The van der Waals surface area contributed by atoms with Crippen LogP contribution in [-0.2, 0) is 9.47 Å². The molecule has 1 aromatic rings. The number of benzene rings is 1. The molecule has 6 heteroatoms. The van der Waals surface area contributed by atoms with Crippen molar-refractivity contribution in [2.75, 3.05) is 38.3 Å². The second kappa shape index (κ2) is 12.8. The van der Waals surface area contributed by atoms with Gasteiger partial charge in [-0.1, -0.05) is 26.7 Å². The molecule has 0 aromatic heterocycles. The molecule has 0 N–H and O–H groups in total. The van der Waals surface area contributed by atoms with Crippen molar-refractivity contribution in [3.63, 3.8) is 0 Å². The molecule has 0 spiro atoms. The molecule has 29 heavy (non-hydrogen) atoms. The van der Waals surface area contributed by atoms with E-state index < -0.39 is 0 Å². The number of ether oxygens (including phenoxy) is 3. The third-order valence-electron chi connectivity index (χ3n) is 5.51. The van der Waals surface area contributed by atoms with Gasteiger partial charge in [0.25, 0.3) is 0 Å². The summed E-state index contributed by atoms with van der Waals surface area (Å²) in [6.45, 7) is 7.31. The van der Waals surface area contributed by atoms with Crippen LogP contribution >= 0.6 is 0 Å². The number of carbonyl (C=O) groups is 1. The summed E-state index contributed by atoms with van der Waals surface area (Å²) in [4.78, 5) is 13.1. The highest BCUT2D eigenvalue weighted by Gasteiger charge is 2.25. The number of anilines is 1. The molecule has 1 aromatic carbocycles. The fraction of sp³-hybridized carbons (Fsp3) is 0.696. The molecular weight excluding hydrogens is 373 g/mol. The summed E-state index contributed by atoms with van der Waals surface area (Å²) in [5.41, 5.74) is 0.737. The van der Waals surface area contributed by atoms with Gasteiger partial charge in [0.05, 0.1) is 18.4 Å². The van der Waals surface area contributed by atoms with Crippen molar-refractivity contribution >= 4 is 12.0 Å². The minimum Gasteiger partial charge on any atom is -0.496 e. The molecule has 0 aliphatic carbocycles. The van der Waals surface area contributed by atoms with E-state index in [0.29, 0.717) is 23.6 Å². The molecule has 1 saturated heterocycles. The lowest BCUT2D eigenvalue weighted by Gasteiger charge is -2.35. The van der Waals surface area contributed by atoms with Crippen molar-refractivity contribution < 1.29 is 23.4 Å². The predicted octanol–water partition coefficient (Wildman–Crippen LogP) is 5.21. The number of piperidine rings is 1. The second-order valence-corrected chi connectivity index (χ2v) is 7.71. The van der Waals surface area contributed by atoms with E-state index >= 15 is 0 Å². The van der Waals surface area contributed by atoms with Gasteiger partial charge in [0.1, 0.15) is 11.6 Å². The number of rotatable bonds is 13. The average Bonchev–Trinajstić information content (AvgIpc) is 2.74. The molecule has 1 fully saturated rings. The van der Waals surface area contributed by atoms with Crippen LogP contribution in [0.3, 0.4) is 0 Å². The van der Waals surface area contributed by atoms with Gasteiger partial charge in [-0.2, -0.15) is 0 Å². The maximum absolute atomic E-state index is 14.5. The van der Waals surface area contributed by atoms with Gasteiger partial charge in [0.2, 0.25) is 0 Å². The van der Waals surface area contributed by atoms with E-state index in [0.717, 1.165) is 71.2 Å². The molecular formula is C23H36FNO4. The number of unbranched alkanes of at least 4 members (excludes halogenated alkanes) is 2. The smallest absolute Gasteiger partial charge is 0.157 e. The van der Waals surface area contributed by atoms with Crippen molar-refractivity contribution in [2.24, 2.45) is 5.92 Å². The Labute approximate surface area is 174 Å². The second-order valence-electron chi connectivity index (χ2n) is 7.71. The maximum atomic E-state index is 14.5. The van der Waals surface area contributed by atoms with Crippen LogP contribution in [0.1, 0.15) is 69.2 Å². The molecule has 1 aliphatic rings. The molecule has 0 radical (unpaired) electrons. The van der Waals surface area contributed by atoms with Gasteiger partial charge >= 0.3 is 0 Å². The molecule has 5 nitrogen and oxygen atoms in total. The van der Waals surface area contributed by atoms with E-state index in [1.165, 1.54) is 13.2 Å². The number of hydrogen-bond donors (Lipinski definition) is 0. The van der Waals surface area contributed by atoms with Crippen molar-refractivity contribution in [2.45, 2.75) is 65.1 Å². The van der Waals surface area contributed by atoms with E-state index in [-0.39, 0.29) is 17.7 Å². The zero-order chi connectivity index (χ0) is 21.1. The fourth-order valence-electron chi connectivity index (χ4n) is 3.65. The lowest BCUT2D eigenvalue weighted by molar-refractivity contribution is -0.154. The minimum atomic E-state index is -0.380. The summed E-state index contributed by atoms with van der Waals surface area (Å²) in [5.74, 6) is 0.529. The predicted molar refractivity (Wildman–Crippen MR) is 113 cm³/mol. The molecule has 1 aliphatic heterocycles. The third kappa shape index (κ3) is 7.27. The van der Waals surface area contributed by atoms with Crippen molar-refractivity contribution in [1.29, 1.82) is 0 Å². The van der Waals surface area contributed by atoms with E-state index in [1.807, 2.05) is 4.90 Å². The van der Waals surface area contributed by atoms with Crippen molar-refractivity contribution in [3.8, 4) is 5.75 Å². The van der Waals surface area contributed by atoms with Crippen LogP contribution in [0.5, 0.6) is 5.75 Å². The third-order valence-corrected chi connectivity index (χ3v) is 5.51. The monoisotopic (exact) mass is 409 g/mol. The van der Waals surface area contributed by atoms with Gasteiger partial charge < -0.3 is 19.1 Å². The number of nitrogens with zero attached hydrogens (tertiary/aromatic N) is 1. The Morgan fingerprint density at radius 2 is 1.76 bits per heavy atom. The molecule has 0 amide bonds. The number of hydrogen-bond acceptors (Lipinski definition) is 5. The quantitative estimate of drug-likeness (QED) is 0.254. The van der Waals surface area contributed by atoms with E-state index in [9.17, 15) is 9.18 Å². The highest BCUT2D eigenvalue weighted by atomic mass is 19.1. The summed E-state index contributed by atoms with van der Waals surface area (Å²) in [7, 11) is 1.49. The molecule has 0 unspecified atom stereocenters. The Hall–Kier alpha value is -1.66. The Bertz CT molecular complexity index is 607. The van der Waals surface area contributed by atoms with Gasteiger partial charge in [0.15, 0.2) is 12.6 Å². The molecule has 164 valence electrons. The summed E-state index contributed by atoms with van der Waals surface area (Å²) in [6.07, 6.45) is 7.59. The van der Waals surface area contributed by atoms with Crippen LogP contribution in [0.2, 0.25) is 0 Å². The molecule has 0 bridgehead atoms. The van der Waals surface area contributed by atoms with Crippen LogP contribution in [-0.4, -0.2) is 46.0 Å². The zero-order valence-corrected chi connectivity index (χ0v) is 18.1. The standard InChI is InChI=1S/C23H36FNO4/c1-4-6-12-28-23(29-13-7-5-2)14-18-8-10-25(11-9-18)21-16-22(27-3)19(17-26)15-20(21)24/h15-18,23H,4-14H2,1-3H3. The lowest BCUT2D eigenvalue weighted by atomic mass is 9.92. The number of carbonyl (C=O) groups excluding carboxylic acids is 1. The lowest BCUT2D eigenvalue weighted by Crippen LogP contribution is -2.36. The van der Waals surface area contributed by atoms with Crippen LogP contribution in [0, 0.1) is 11.7 Å². The summed E-state index contributed by atoms with van der Waals surface area (Å²) < 4.78 is 31.7. The summed E-state index contributed by atoms with van der Waals surface area (Å²) >= 11 is 0. The molecule has 1 heterocycles. The largest absolute Gasteiger partial charge is 0.496 e. The Morgan fingerprint density at radius 3 is 2.28 bits per heavy atom. The fourth-order valence-corrected chi connectivity index (χ4v) is 3.65. The average molecular weight is 410 g/mol. The maximum Gasteiger partial charge on any atom is 0.157 e. The first-order valence-corrected chi connectivity index (χ1v) is 10.9. The topological polar surface area (TPSA) is 48.0 Å². The summed E-state index contributed by atoms with van der Waals surface area (Å²) in [6, 6.07) is 2.89. The minimum absolute atomic E-state index is 0.145. The highest BCUT2D eigenvalue weighted by molar-refractivity contribution is 5.81. The number of methoxy groups -OCH3 is 1. The van der Waals surface area contributed by atoms with Crippen LogP contribution in [0.4, 0.5) is 10.1 Å².